The van der Waals surface area contributed by atoms with Crippen LogP contribution in [0.3, 0.4) is 0 Å². The van der Waals surface area contributed by atoms with Crippen molar-refractivity contribution in [3.05, 3.63) is 53.5 Å². The predicted molar refractivity (Wildman–Crippen MR) is 123 cm³/mol. The Morgan fingerprint density at radius 2 is 2.06 bits per heavy atom. The first-order valence-electron chi connectivity index (χ1n) is 10.5. The number of carbonyl (C=O) groups excluding carboxylic acids is 1. The number of rotatable bonds is 5. The third-order valence-electron chi connectivity index (χ3n) is 5.54. The minimum absolute atomic E-state index is 0.0964. The maximum absolute atomic E-state index is 13.4. The van der Waals surface area contributed by atoms with Gasteiger partial charge < -0.3 is 14.7 Å². The van der Waals surface area contributed by atoms with Gasteiger partial charge in [-0.25, -0.2) is 17.7 Å². The molecule has 0 bridgehead atoms. The molecule has 0 aromatic carbocycles. The van der Waals surface area contributed by atoms with Crippen LogP contribution in [-0.4, -0.2) is 83.8 Å². The van der Waals surface area contributed by atoms with Crippen LogP contribution in [-0.2, 0) is 10.0 Å². The summed E-state index contributed by atoms with van der Waals surface area (Å²) < 4.78 is 31.2. The van der Waals surface area contributed by atoms with E-state index in [-0.39, 0.29) is 43.0 Å². The Bertz CT molecular complexity index is 1160. The van der Waals surface area contributed by atoms with Crippen molar-refractivity contribution in [1.82, 2.24) is 19.2 Å². The number of amides is 1. The molecule has 1 N–H and O–H groups in total. The van der Waals surface area contributed by atoms with Crippen molar-refractivity contribution < 1.29 is 23.1 Å². The molecule has 0 spiro atoms. The number of pyridine rings is 2. The molecule has 2 aromatic heterocycles. The first-order valence-corrected chi connectivity index (χ1v) is 12.4. The Morgan fingerprint density at radius 1 is 1.33 bits per heavy atom. The average Bonchev–Trinajstić information content (AvgIpc) is 2.79. The topological polar surface area (TPSA) is 113 Å². The Hall–Kier alpha value is -3.00. The monoisotopic (exact) mass is 472 g/mol. The number of nitrogens with zero attached hydrogens (tertiary/aromatic N) is 4. The van der Waals surface area contributed by atoms with E-state index >= 15 is 0 Å². The van der Waals surface area contributed by atoms with Gasteiger partial charge in [0, 0.05) is 49.2 Å². The van der Waals surface area contributed by atoms with Crippen LogP contribution in [0.15, 0.2) is 36.8 Å². The van der Waals surface area contributed by atoms with Crippen molar-refractivity contribution in [1.29, 1.82) is 0 Å². The Kier molecular flexibility index (Phi) is 7.68. The van der Waals surface area contributed by atoms with Gasteiger partial charge in [-0.3, -0.25) is 9.78 Å². The highest BCUT2D eigenvalue weighted by Gasteiger charge is 2.35. The van der Waals surface area contributed by atoms with Crippen molar-refractivity contribution in [2.24, 2.45) is 5.92 Å². The highest BCUT2D eigenvalue weighted by atomic mass is 32.2. The van der Waals surface area contributed by atoms with E-state index in [0.717, 1.165) is 11.8 Å². The molecule has 3 heterocycles. The number of hydrogen-bond donors (Lipinski definition) is 1. The molecule has 0 aliphatic carbocycles. The summed E-state index contributed by atoms with van der Waals surface area (Å²) in [7, 11) is -1.94. The van der Waals surface area contributed by atoms with Crippen molar-refractivity contribution in [2.45, 2.75) is 26.0 Å². The molecule has 33 heavy (non-hydrogen) atoms. The molecule has 3 rings (SSSR count). The number of aliphatic hydroxyl groups excluding tert-OH is 1. The molecule has 1 aliphatic heterocycles. The van der Waals surface area contributed by atoms with Crippen LogP contribution in [0, 0.1) is 17.8 Å². The van der Waals surface area contributed by atoms with Crippen LogP contribution in [0.25, 0.3) is 0 Å². The number of sulfonamides is 1. The van der Waals surface area contributed by atoms with Crippen molar-refractivity contribution in [2.75, 3.05) is 33.0 Å². The number of likely N-dealkylation sites (N-methyl/N-ethyl adjacent to an activating group) is 1. The summed E-state index contributed by atoms with van der Waals surface area (Å²) in [5.74, 6) is 5.53. The second kappa shape index (κ2) is 10.3. The highest BCUT2D eigenvalue weighted by molar-refractivity contribution is 7.88. The maximum Gasteiger partial charge on any atom is 0.259 e. The number of ether oxygens (including phenoxy) is 1. The van der Waals surface area contributed by atoms with Gasteiger partial charge in [0.1, 0.15) is 11.7 Å². The minimum Gasteiger partial charge on any atom is -0.472 e. The van der Waals surface area contributed by atoms with Crippen molar-refractivity contribution in [3.63, 3.8) is 0 Å². The molecule has 0 radical (unpaired) electrons. The Labute approximate surface area is 194 Å². The van der Waals surface area contributed by atoms with E-state index in [4.69, 9.17) is 4.74 Å². The molecule has 1 amide bonds. The SMILES string of the molecule is C[C@H](CO)N1C[C@H](C)[C@@H](CN(C)S(C)(=O)=O)Oc2ncc(C#Cc3cccnc3)cc2C1=O. The van der Waals surface area contributed by atoms with E-state index in [9.17, 15) is 18.3 Å². The van der Waals surface area contributed by atoms with Gasteiger partial charge in [-0.2, -0.15) is 0 Å². The van der Waals surface area contributed by atoms with Gasteiger partial charge >= 0.3 is 0 Å². The molecule has 10 heteroatoms. The maximum atomic E-state index is 13.4. The normalized spacial score (nSPS) is 19.6. The summed E-state index contributed by atoms with van der Waals surface area (Å²) in [5.41, 5.74) is 1.46. The number of aliphatic hydroxyl groups is 1. The molecule has 0 saturated carbocycles. The zero-order valence-electron chi connectivity index (χ0n) is 19.1. The van der Waals surface area contributed by atoms with Gasteiger partial charge in [0.2, 0.25) is 15.9 Å². The Morgan fingerprint density at radius 3 is 2.70 bits per heavy atom. The van der Waals surface area contributed by atoms with E-state index in [1.807, 2.05) is 13.0 Å². The predicted octanol–water partition coefficient (Wildman–Crippen LogP) is 0.988. The van der Waals surface area contributed by atoms with Crippen LogP contribution in [0.2, 0.25) is 0 Å². The molecular weight excluding hydrogens is 444 g/mol. The van der Waals surface area contributed by atoms with Gasteiger partial charge in [0.05, 0.1) is 25.4 Å². The van der Waals surface area contributed by atoms with E-state index < -0.39 is 22.2 Å². The number of fused-ring (bicyclic) bond motifs is 1. The fourth-order valence-electron chi connectivity index (χ4n) is 3.36. The zero-order valence-corrected chi connectivity index (χ0v) is 19.9. The van der Waals surface area contributed by atoms with Crippen molar-refractivity contribution >= 4 is 15.9 Å². The molecule has 9 nitrogen and oxygen atoms in total. The van der Waals surface area contributed by atoms with Gasteiger partial charge in [0.25, 0.3) is 5.91 Å². The summed E-state index contributed by atoms with van der Waals surface area (Å²) in [4.78, 5) is 23.3. The van der Waals surface area contributed by atoms with Gasteiger partial charge in [-0.05, 0) is 25.1 Å². The zero-order chi connectivity index (χ0) is 24.2. The molecular formula is C23H28N4O5S. The quantitative estimate of drug-likeness (QED) is 0.646. The largest absolute Gasteiger partial charge is 0.472 e. The molecule has 176 valence electrons. The van der Waals surface area contributed by atoms with Crippen LogP contribution in [0.5, 0.6) is 5.88 Å². The summed E-state index contributed by atoms with van der Waals surface area (Å²) in [6, 6.07) is 4.77. The lowest BCUT2D eigenvalue weighted by atomic mass is 10.0. The van der Waals surface area contributed by atoms with Gasteiger partial charge in [-0.1, -0.05) is 18.8 Å². The molecule has 0 fully saturated rings. The van der Waals surface area contributed by atoms with Gasteiger partial charge in [0.15, 0.2) is 0 Å². The molecule has 0 unspecified atom stereocenters. The molecule has 0 saturated heterocycles. The average molecular weight is 473 g/mol. The first kappa shape index (κ1) is 24.6. The highest BCUT2D eigenvalue weighted by Crippen LogP contribution is 2.27. The van der Waals surface area contributed by atoms with E-state index in [1.165, 1.54) is 17.5 Å². The fraction of sp³-hybridized carbons (Fsp3) is 0.435. The summed E-state index contributed by atoms with van der Waals surface area (Å²) in [6.07, 6.45) is 5.38. The molecule has 2 aromatic rings. The second-order valence-electron chi connectivity index (χ2n) is 8.23. The van der Waals surface area contributed by atoms with Gasteiger partial charge in [-0.15, -0.1) is 0 Å². The van der Waals surface area contributed by atoms with E-state index in [2.05, 4.69) is 21.8 Å². The van der Waals surface area contributed by atoms with E-state index in [0.29, 0.717) is 5.56 Å². The van der Waals surface area contributed by atoms with Crippen LogP contribution in [0.4, 0.5) is 0 Å². The standard InChI is InChI=1S/C23H28N4O5S/c1-16-13-27(17(2)15-28)23(29)20-10-19(8-7-18-6-5-9-24-11-18)12-25-22(20)32-21(16)14-26(3)33(4,30)31/h5-6,9-12,16-17,21,28H,13-15H2,1-4H3/t16-,17+,21+/m0/s1. The van der Waals surface area contributed by atoms with Crippen LogP contribution < -0.4 is 4.74 Å². The molecule has 1 aliphatic rings. The smallest absolute Gasteiger partial charge is 0.259 e. The summed E-state index contributed by atoms with van der Waals surface area (Å²) in [6.45, 7) is 3.80. The Balaban J connectivity index is 2.01. The van der Waals surface area contributed by atoms with Crippen LogP contribution in [0.1, 0.15) is 35.3 Å². The number of aromatic nitrogens is 2. The molecule has 3 atom stereocenters. The fourth-order valence-corrected chi connectivity index (χ4v) is 3.78. The first-order chi connectivity index (χ1) is 15.6. The van der Waals surface area contributed by atoms with Crippen LogP contribution >= 0.6 is 0 Å². The summed E-state index contributed by atoms with van der Waals surface area (Å²) in [5, 5.41) is 9.73. The number of carbonyl (C=O) groups is 1. The number of hydrogen-bond acceptors (Lipinski definition) is 7. The minimum atomic E-state index is -3.42. The third-order valence-corrected chi connectivity index (χ3v) is 6.82. The lowest BCUT2D eigenvalue weighted by molar-refractivity contribution is 0.0373. The third kappa shape index (κ3) is 6.07. The van der Waals surface area contributed by atoms with E-state index in [1.54, 1.807) is 36.4 Å². The second-order valence-corrected chi connectivity index (χ2v) is 10.3. The lowest BCUT2D eigenvalue weighted by Gasteiger charge is -2.37. The summed E-state index contributed by atoms with van der Waals surface area (Å²) >= 11 is 0. The van der Waals surface area contributed by atoms with Crippen molar-refractivity contribution in [3.8, 4) is 17.7 Å². The lowest BCUT2D eigenvalue weighted by Crippen LogP contribution is -2.50.